The lowest BCUT2D eigenvalue weighted by molar-refractivity contribution is 0.398. The molecule has 8 heteroatoms. The van der Waals surface area contributed by atoms with Crippen LogP contribution in [0.15, 0.2) is 18.3 Å². The Balaban J connectivity index is 1.76. The van der Waals surface area contributed by atoms with E-state index in [4.69, 9.17) is 15.6 Å². The molecule has 1 unspecified atom stereocenters. The normalized spacial score (nSPS) is 20.9. The zero-order chi connectivity index (χ0) is 16.9. The summed E-state index contributed by atoms with van der Waals surface area (Å²) in [5.74, 6) is 0.585. The zero-order valence-corrected chi connectivity index (χ0v) is 14.8. The second-order valence-electron chi connectivity index (χ2n) is 6.56. The van der Waals surface area contributed by atoms with Gasteiger partial charge in [-0.2, -0.15) is 0 Å². The summed E-state index contributed by atoms with van der Waals surface area (Å²) in [5.41, 5.74) is 8.76. The summed E-state index contributed by atoms with van der Waals surface area (Å²) in [6.45, 7) is 5.76. The number of nitrogens with two attached hydrogens (primary N) is 1. The molecule has 4 rings (SSSR count). The van der Waals surface area contributed by atoms with Crippen molar-refractivity contribution in [1.29, 1.82) is 0 Å². The van der Waals surface area contributed by atoms with Crippen LogP contribution in [-0.4, -0.2) is 45.3 Å². The number of imidazole rings is 1. The highest BCUT2D eigenvalue weighted by Crippen LogP contribution is 2.34. The number of hydrogen-bond donors (Lipinski definition) is 1. The van der Waals surface area contributed by atoms with Gasteiger partial charge in [0.05, 0.1) is 24.6 Å². The van der Waals surface area contributed by atoms with Gasteiger partial charge in [-0.1, -0.05) is 11.3 Å². The van der Waals surface area contributed by atoms with Crippen LogP contribution in [0.25, 0.3) is 16.2 Å². The molecule has 1 atom stereocenters. The van der Waals surface area contributed by atoms with Gasteiger partial charge in [0, 0.05) is 24.3 Å². The Kier molecular flexibility index (Phi) is 3.47. The van der Waals surface area contributed by atoms with Crippen LogP contribution in [-0.2, 0) is 0 Å². The maximum Gasteiger partial charge on any atom is 0.222 e. The molecule has 24 heavy (non-hydrogen) atoms. The van der Waals surface area contributed by atoms with Crippen molar-refractivity contribution in [2.75, 3.05) is 25.1 Å². The molecule has 0 aliphatic carbocycles. The molecular formula is C16H20N6OS. The van der Waals surface area contributed by atoms with E-state index in [0.717, 1.165) is 46.6 Å². The smallest absolute Gasteiger partial charge is 0.222 e. The van der Waals surface area contributed by atoms with Crippen LogP contribution < -0.4 is 15.4 Å². The standard InChI is InChI=1S/C16H20N6OS/c1-10-4-5-11(13(19-10)23-3)12-8-18-14-22(12)20-15(24-14)21-7-6-16(2,17)9-21/h4-5,8H,6-7,9,17H2,1-3H3. The fourth-order valence-electron chi connectivity index (χ4n) is 3.03. The minimum absolute atomic E-state index is 0.152. The third-order valence-electron chi connectivity index (χ3n) is 4.32. The van der Waals surface area contributed by atoms with Crippen LogP contribution in [0.2, 0.25) is 0 Å². The summed E-state index contributed by atoms with van der Waals surface area (Å²) in [5, 5.41) is 5.71. The zero-order valence-electron chi connectivity index (χ0n) is 14.0. The first kappa shape index (κ1) is 15.3. The first-order valence-corrected chi connectivity index (χ1v) is 8.69. The highest BCUT2D eigenvalue weighted by Gasteiger charge is 2.32. The summed E-state index contributed by atoms with van der Waals surface area (Å²) in [6, 6.07) is 3.96. The number of nitrogens with zero attached hydrogens (tertiary/aromatic N) is 5. The number of pyridine rings is 1. The highest BCUT2D eigenvalue weighted by molar-refractivity contribution is 7.20. The lowest BCUT2D eigenvalue weighted by atomic mass is 10.0. The topological polar surface area (TPSA) is 81.6 Å². The number of anilines is 1. The van der Waals surface area contributed by atoms with E-state index >= 15 is 0 Å². The predicted octanol–water partition coefficient (Wildman–Crippen LogP) is 2.10. The van der Waals surface area contributed by atoms with Gasteiger partial charge >= 0.3 is 0 Å². The van der Waals surface area contributed by atoms with Gasteiger partial charge in [-0.3, -0.25) is 0 Å². The van der Waals surface area contributed by atoms with Gasteiger partial charge in [-0.25, -0.2) is 14.5 Å². The van der Waals surface area contributed by atoms with E-state index in [1.54, 1.807) is 18.4 Å². The molecule has 1 fully saturated rings. The quantitative estimate of drug-likeness (QED) is 0.783. The Labute approximate surface area is 144 Å². The molecule has 3 aromatic heterocycles. The van der Waals surface area contributed by atoms with E-state index in [1.807, 2.05) is 29.8 Å². The van der Waals surface area contributed by atoms with Crippen molar-refractivity contribution < 1.29 is 4.74 Å². The molecule has 0 aromatic carbocycles. The number of aromatic nitrogens is 4. The van der Waals surface area contributed by atoms with Crippen molar-refractivity contribution in [3.05, 3.63) is 24.0 Å². The summed E-state index contributed by atoms with van der Waals surface area (Å²) in [6.07, 6.45) is 2.78. The molecule has 1 aliphatic heterocycles. The number of aryl methyl sites for hydroxylation is 1. The number of methoxy groups -OCH3 is 1. The van der Waals surface area contributed by atoms with Crippen molar-refractivity contribution in [2.24, 2.45) is 5.73 Å². The van der Waals surface area contributed by atoms with Crippen LogP contribution in [0.5, 0.6) is 5.88 Å². The third-order valence-corrected chi connectivity index (χ3v) is 5.30. The molecule has 7 nitrogen and oxygen atoms in total. The summed E-state index contributed by atoms with van der Waals surface area (Å²) >= 11 is 1.58. The first-order valence-electron chi connectivity index (χ1n) is 7.87. The number of hydrogen-bond acceptors (Lipinski definition) is 7. The molecule has 1 aliphatic rings. The number of ether oxygens (including phenoxy) is 1. The van der Waals surface area contributed by atoms with E-state index in [-0.39, 0.29) is 5.54 Å². The predicted molar refractivity (Wildman–Crippen MR) is 94.8 cm³/mol. The Bertz CT molecular complexity index is 899. The third kappa shape index (κ3) is 2.51. The van der Waals surface area contributed by atoms with E-state index in [9.17, 15) is 0 Å². The second-order valence-corrected chi connectivity index (χ2v) is 7.49. The molecular weight excluding hydrogens is 324 g/mol. The first-order chi connectivity index (χ1) is 11.5. The monoisotopic (exact) mass is 344 g/mol. The fraction of sp³-hybridized carbons (Fsp3) is 0.438. The summed E-state index contributed by atoms with van der Waals surface area (Å²) in [4.78, 5) is 12.0. The van der Waals surface area contributed by atoms with E-state index in [2.05, 4.69) is 21.8 Å². The Morgan fingerprint density at radius 2 is 2.21 bits per heavy atom. The molecule has 2 N–H and O–H groups in total. The van der Waals surface area contributed by atoms with Crippen LogP contribution in [0.3, 0.4) is 0 Å². The highest BCUT2D eigenvalue weighted by atomic mass is 32.1. The van der Waals surface area contributed by atoms with E-state index in [0.29, 0.717) is 5.88 Å². The van der Waals surface area contributed by atoms with Gasteiger partial charge < -0.3 is 15.4 Å². The largest absolute Gasteiger partial charge is 0.480 e. The van der Waals surface area contributed by atoms with Crippen molar-refractivity contribution in [2.45, 2.75) is 25.8 Å². The van der Waals surface area contributed by atoms with Crippen molar-refractivity contribution in [3.63, 3.8) is 0 Å². The molecule has 0 radical (unpaired) electrons. The van der Waals surface area contributed by atoms with E-state index < -0.39 is 0 Å². The summed E-state index contributed by atoms with van der Waals surface area (Å²) in [7, 11) is 1.63. The lowest BCUT2D eigenvalue weighted by Gasteiger charge is -2.18. The minimum atomic E-state index is -0.152. The lowest BCUT2D eigenvalue weighted by Crippen LogP contribution is -2.39. The average Bonchev–Trinajstić information content (AvgIpc) is 3.20. The van der Waals surface area contributed by atoms with Crippen molar-refractivity contribution in [1.82, 2.24) is 19.6 Å². The maximum atomic E-state index is 6.24. The maximum absolute atomic E-state index is 6.24. The van der Waals surface area contributed by atoms with Gasteiger partial charge in [0.15, 0.2) is 0 Å². The molecule has 0 saturated carbocycles. The summed E-state index contributed by atoms with van der Waals surface area (Å²) < 4.78 is 7.29. The van der Waals surface area contributed by atoms with Crippen molar-refractivity contribution in [3.8, 4) is 17.1 Å². The molecule has 0 amide bonds. The van der Waals surface area contributed by atoms with Gasteiger partial charge in [0.1, 0.15) is 0 Å². The Morgan fingerprint density at radius 3 is 2.92 bits per heavy atom. The van der Waals surface area contributed by atoms with Gasteiger partial charge in [-0.15, -0.1) is 5.10 Å². The molecule has 126 valence electrons. The molecule has 3 aromatic rings. The van der Waals surface area contributed by atoms with Gasteiger partial charge in [0.2, 0.25) is 16.0 Å². The molecule has 0 bridgehead atoms. The Hall–Kier alpha value is -2.19. The SMILES string of the molecule is COc1nc(C)ccc1-c1cnc2sc(N3CCC(C)(N)C3)nn12. The minimum Gasteiger partial charge on any atom is -0.480 e. The second kappa shape index (κ2) is 5.42. The molecule has 1 saturated heterocycles. The van der Waals surface area contributed by atoms with Crippen molar-refractivity contribution >= 4 is 21.4 Å². The van der Waals surface area contributed by atoms with Crippen LogP contribution in [0.1, 0.15) is 19.0 Å². The molecule has 0 spiro atoms. The van der Waals surface area contributed by atoms with Gasteiger partial charge in [0.25, 0.3) is 0 Å². The van der Waals surface area contributed by atoms with E-state index in [1.165, 1.54) is 0 Å². The number of fused-ring (bicyclic) bond motifs is 1. The van der Waals surface area contributed by atoms with Gasteiger partial charge in [-0.05, 0) is 32.4 Å². The van der Waals surface area contributed by atoms with Crippen LogP contribution in [0.4, 0.5) is 5.13 Å². The van der Waals surface area contributed by atoms with Crippen LogP contribution >= 0.6 is 11.3 Å². The fourth-order valence-corrected chi connectivity index (χ4v) is 3.93. The number of rotatable bonds is 3. The average molecular weight is 344 g/mol. The Morgan fingerprint density at radius 1 is 1.38 bits per heavy atom. The van der Waals surface area contributed by atoms with Crippen LogP contribution in [0, 0.1) is 6.92 Å². The molecule has 4 heterocycles.